The van der Waals surface area contributed by atoms with E-state index in [1.807, 2.05) is 0 Å². The lowest BCUT2D eigenvalue weighted by atomic mass is 10.2. The van der Waals surface area contributed by atoms with Gasteiger partial charge in [-0.15, -0.1) is 0 Å². The summed E-state index contributed by atoms with van der Waals surface area (Å²) in [4.78, 5) is 37.4. The molecule has 0 spiro atoms. The molecule has 6 heteroatoms. The second-order valence-corrected chi connectivity index (χ2v) is 4.05. The van der Waals surface area contributed by atoms with E-state index in [0.29, 0.717) is 13.1 Å². The van der Waals surface area contributed by atoms with Crippen LogP contribution in [0.2, 0.25) is 0 Å². The molecule has 1 aliphatic heterocycles. The molecular formula is C11H18N2O4. The van der Waals surface area contributed by atoms with Crippen molar-refractivity contribution in [1.82, 2.24) is 9.80 Å². The molecule has 0 aromatic rings. The van der Waals surface area contributed by atoms with Crippen molar-refractivity contribution >= 4 is 17.7 Å². The third-order valence-electron chi connectivity index (χ3n) is 2.58. The minimum Gasteiger partial charge on any atom is -0.466 e. The Balaban J connectivity index is 2.32. The van der Waals surface area contributed by atoms with Crippen LogP contribution in [-0.2, 0) is 19.1 Å². The maximum absolute atomic E-state index is 11.5. The van der Waals surface area contributed by atoms with Crippen molar-refractivity contribution in [2.45, 2.75) is 13.3 Å². The minimum absolute atomic E-state index is 0.000171. The van der Waals surface area contributed by atoms with Crippen molar-refractivity contribution in [1.29, 1.82) is 0 Å². The number of rotatable bonds is 5. The molecule has 0 N–H and O–H groups in total. The third kappa shape index (κ3) is 4.52. The van der Waals surface area contributed by atoms with E-state index in [-0.39, 0.29) is 37.8 Å². The Hall–Kier alpha value is -1.43. The fourth-order valence-electron chi connectivity index (χ4n) is 1.62. The summed E-state index contributed by atoms with van der Waals surface area (Å²) >= 11 is 0. The smallest absolute Gasteiger partial charge is 0.313 e. The Morgan fingerprint density at radius 1 is 1.35 bits per heavy atom. The molecule has 1 amide bonds. The summed E-state index contributed by atoms with van der Waals surface area (Å²) in [5.41, 5.74) is 0. The molecule has 1 saturated heterocycles. The van der Waals surface area contributed by atoms with E-state index in [2.05, 4.69) is 4.74 Å². The fraction of sp³-hybridized carbons (Fsp3) is 0.727. The molecule has 1 aliphatic rings. The normalized spacial score (nSPS) is 17.1. The van der Waals surface area contributed by atoms with Crippen LogP contribution in [-0.4, -0.2) is 67.3 Å². The molecule has 17 heavy (non-hydrogen) atoms. The van der Waals surface area contributed by atoms with E-state index in [4.69, 9.17) is 0 Å². The number of ketones is 1. The zero-order valence-corrected chi connectivity index (χ0v) is 10.3. The van der Waals surface area contributed by atoms with Crippen LogP contribution in [0.4, 0.5) is 0 Å². The van der Waals surface area contributed by atoms with Gasteiger partial charge in [0, 0.05) is 20.1 Å². The van der Waals surface area contributed by atoms with Crippen molar-refractivity contribution in [2.75, 3.05) is 39.8 Å². The fourth-order valence-corrected chi connectivity index (χ4v) is 1.62. The SMILES string of the molecule is CCOC(=O)CC(=O)CN1CCN(C)C(=O)C1. The van der Waals surface area contributed by atoms with E-state index in [1.54, 1.807) is 23.8 Å². The number of esters is 1. The van der Waals surface area contributed by atoms with Crippen LogP contribution in [0.15, 0.2) is 0 Å². The number of likely N-dealkylation sites (N-methyl/N-ethyl adjacent to an activating group) is 1. The molecule has 1 fully saturated rings. The minimum atomic E-state index is -0.502. The topological polar surface area (TPSA) is 66.9 Å². The number of piperazine rings is 1. The summed E-state index contributed by atoms with van der Waals surface area (Å²) < 4.78 is 4.69. The maximum atomic E-state index is 11.5. The zero-order chi connectivity index (χ0) is 12.8. The van der Waals surface area contributed by atoms with Crippen LogP contribution in [0, 0.1) is 0 Å². The van der Waals surface area contributed by atoms with Crippen LogP contribution in [0.25, 0.3) is 0 Å². The Kier molecular flexibility index (Phi) is 5.09. The third-order valence-corrected chi connectivity index (χ3v) is 2.58. The van der Waals surface area contributed by atoms with E-state index in [1.165, 1.54) is 0 Å². The van der Waals surface area contributed by atoms with E-state index < -0.39 is 5.97 Å². The maximum Gasteiger partial charge on any atom is 0.313 e. The molecule has 0 bridgehead atoms. The molecule has 0 aromatic heterocycles. The summed E-state index contributed by atoms with van der Waals surface area (Å²) in [6, 6.07) is 0. The monoisotopic (exact) mass is 242 g/mol. The second kappa shape index (κ2) is 6.34. The van der Waals surface area contributed by atoms with Gasteiger partial charge in [-0.1, -0.05) is 0 Å². The average Bonchev–Trinajstić information content (AvgIpc) is 2.23. The van der Waals surface area contributed by atoms with Gasteiger partial charge in [0.25, 0.3) is 0 Å². The molecule has 1 heterocycles. The first-order valence-electron chi connectivity index (χ1n) is 5.66. The van der Waals surface area contributed by atoms with Gasteiger partial charge in [-0.25, -0.2) is 0 Å². The van der Waals surface area contributed by atoms with Crippen LogP contribution < -0.4 is 0 Å². The predicted molar refractivity (Wildman–Crippen MR) is 60.3 cm³/mol. The molecular weight excluding hydrogens is 224 g/mol. The molecule has 0 atom stereocenters. The Labute approximate surface area is 101 Å². The summed E-state index contributed by atoms with van der Waals surface area (Å²) in [5, 5.41) is 0. The van der Waals surface area contributed by atoms with Gasteiger partial charge in [0.2, 0.25) is 5.91 Å². The van der Waals surface area contributed by atoms with E-state index in [9.17, 15) is 14.4 Å². The van der Waals surface area contributed by atoms with Gasteiger partial charge in [-0.05, 0) is 6.92 Å². The number of amides is 1. The highest BCUT2D eigenvalue weighted by atomic mass is 16.5. The molecule has 0 radical (unpaired) electrons. The number of hydrogen-bond acceptors (Lipinski definition) is 5. The number of carbonyl (C=O) groups is 3. The van der Waals surface area contributed by atoms with Gasteiger partial charge in [0.1, 0.15) is 6.42 Å². The predicted octanol–water partition coefficient (Wildman–Crippen LogP) is -0.717. The highest BCUT2D eigenvalue weighted by molar-refractivity contribution is 5.96. The van der Waals surface area contributed by atoms with Gasteiger partial charge in [-0.2, -0.15) is 0 Å². The molecule has 96 valence electrons. The summed E-state index contributed by atoms with van der Waals surface area (Å²) in [6.45, 7) is 3.63. The van der Waals surface area contributed by atoms with E-state index in [0.717, 1.165) is 0 Å². The van der Waals surface area contributed by atoms with Crippen LogP contribution in [0.5, 0.6) is 0 Å². The molecule has 0 saturated carbocycles. The highest BCUT2D eigenvalue weighted by Crippen LogP contribution is 2.01. The lowest BCUT2D eigenvalue weighted by molar-refractivity contribution is -0.145. The van der Waals surface area contributed by atoms with Crippen LogP contribution in [0.1, 0.15) is 13.3 Å². The first-order valence-corrected chi connectivity index (χ1v) is 5.66. The number of ether oxygens (including phenoxy) is 1. The molecule has 0 unspecified atom stereocenters. The molecule has 1 rings (SSSR count). The number of carbonyl (C=O) groups excluding carboxylic acids is 3. The summed E-state index contributed by atoms with van der Waals surface area (Å²) in [5.74, 6) is -0.709. The number of hydrogen-bond donors (Lipinski definition) is 0. The molecule has 6 nitrogen and oxygen atoms in total. The Morgan fingerprint density at radius 3 is 2.65 bits per heavy atom. The first-order chi connectivity index (χ1) is 8.02. The number of Topliss-reactive ketones (excluding diaryl/α,β-unsaturated/α-hetero) is 1. The lowest BCUT2D eigenvalue weighted by Crippen LogP contribution is -2.49. The standard InChI is InChI=1S/C11H18N2O4/c1-3-17-11(16)6-9(14)7-13-5-4-12(2)10(15)8-13/h3-8H2,1-2H3. The second-order valence-electron chi connectivity index (χ2n) is 4.05. The van der Waals surface area contributed by atoms with Gasteiger partial charge >= 0.3 is 5.97 Å². The van der Waals surface area contributed by atoms with Gasteiger partial charge in [0.15, 0.2) is 5.78 Å². The van der Waals surface area contributed by atoms with E-state index >= 15 is 0 Å². The van der Waals surface area contributed by atoms with Crippen LogP contribution in [0.3, 0.4) is 0 Å². The number of nitrogens with zero attached hydrogens (tertiary/aromatic N) is 2. The molecule has 0 aromatic carbocycles. The van der Waals surface area contributed by atoms with Gasteiger partial charge in [0.05, 0.1) is 19.7 Å². The summed E-state index contributed by atoms with van der Waals surface area (Å²) in [7, 11) is 1.74. The average molecular weight is 242 g/mol. The lowest BCUT2D eigenvalue weighted by Gasteiger charge is -2.31. The highest BCUT2D eigenvalue weighted by Gasteiger charge is 2.23. The zero-order valence-electron chi connectivity index (χ0n) is 10.3. The van der Waals surface area contributed by atoms with Crippen molar-refractivity contribution in [3.05, 3.63) is 0 Å². The van der Waals surface area contributed by atoms with Gasteiger partial charge < -0.3 is 9.64 Å². The Morgan fingerprint density at radius 2 is 2.06 bits per heavy atom. The summed E-state index contributed by atoms with van der Waals surface area (Å²) in [6.07, 6.45) is -0.214. The van der Waals surface area contributed by atoms with Crippen molar-refractivity contribution in [2.24, 2.45) is 0 Å². The van der Waals surface area contributed by atoms with Crippen molar-refractivity contribution < 1.29 is 19.1 Å². The van der Waals surface area contributed by atoms with Gasteiger partial charge in [-0.3, -0.25) is 19.3 Å². The molecule has 0 aliphatic carbocycles. The first kappa shape index (κ1) is 13.6. The Bertz CT molecular complexity index is 317. The van der Waals surface area contributed by atoms with Crippen molar-refractivity contribution in [3.8, 4) is 0 Å². The van der Waals surface area contributed by atoms with Crippen LogP contribution >= 0.6 is 0 Å². The largest absolute Gasteiger partial charge is 0.466 e. The quantitative estimate of drug-likeness (QED) is 0.470. The van der Waals surface area contributed by atoms with Crippen molar-refractivity contribution in [3.63, 3.8) is 0 Å².